The number of carbonyl (C=O) groups is 1. The lowest BCUT2D eigenvalue weighted by atomic mass is 10.3. The summed E-state index contributed by atoms with van der Waals surface area (Å²) in [4.78, 5) is 14.0. The first-order chi connectivity index (χ1) is 9.22. The molecule has 1 aliphatic carbocycles. The smallest absolute Gasteiger partial charge is 0.223 e. The van der Waals surface area contributed by atoms with Crippen molar-refractivity contribution >= 4 is 17.2 Å². The fourth-order valence-electron chi connectivity index (χ4n) is 2.01. The van der Waals surface area contributed by atoms with Gasteiger partial charge in [0.2, 0.25) is 5.91 Å². The standard InChI is InChI=1S/C14H17N3OS/c1-17-9-11(8-16-17)13-5-4-12(19-13)6-7-15-14(18)10-2-3-10/h4-5,8-10H,2-3,6-7H2,1H3,(H,15,18). The van der Waals surface area contributed by atoms with Gasteiger partial charge in [-0.05, 0) is 31.4 Å². The zero-order valence-corrected chi connectivity index (χ0v) is 11.7. The first-order valence-corrected chi connectivity index (χ1v) is 7.39. The van der Waals surface area contributed by atoms with Crippen molar-refractivity contribution in [3.8, 4) is 10.4 Å². The van der Waals surface area contributed by atoms with Gasteiger partial charge >= 0.3 is 0 Å². The van der Waals surface area contributed by atoms with Crippen LogP contribution in [0.2, 0.25) is 0 Å². The molecular weight excluding hydrogens is 258 g/mol. The lowest BCUT2D eigenvalue weighted by molar-refractivity contribution is -0.122. The molecule has 0 aromatic carbocycles. The second kappa shape index (κ2) is 5.17. The predicted octanol–water partition coefficient (Wildman–Crippen LogP) is 2.22. The summed E-state index contributed by atoms with van der Waals surface area (Å²) in [6, 6.07) is 4.26. The van der Waals surface area contributed by atoms with Crippen LogP contribution in [0, 0.1) is 5.92 Å². The van der Waals surface area contributed by atoms with Crippen LogP contribution in [0.5, 0.6) is 0 Å². The van der Waals surface area contributed by atoms with Gasteiger partial charge in [-0.3, -0.25) is 9.48 Å². The third kappa shape index (κ3) is 3.04. The summed E-state index contributed by atoms with van der Waals surface area (Å²) in [5.74, 6) is 0.526. The molecule has 0 atom stereocenters. The molecule has 100 valence electrons. The average Bonchev–Trinajstić information content (AvgIpc) is 3.00. The minimum absolute atomic E-state index is 0.226. The highest BCUT2D eigenvalue weighted by molar-refractivity contribution is 7.15. The molecule has 1 aliphatic rings. The van der Waals surface area contributed by atoms with Gasteiger partial charge in [-0.1, -0.05) is 0 Å². The lowest BCUT2D eigenvalue weighted by Crippen LogP contribution is -2.26. The first kappa shape index (κ1) is 12.4. The summed E-state index contributed by atoms with van der Waals surface area (Å²) in [6.07, 6.45) is 6.93. The molecule has 1 saturated carbocycles. The summed E-state index contributed by atoms with van der Waals surface area (Å²) in [5, 5.41) is 7.18. The molecule has 5 heteroatoms. The van der Waals surface area contributed by atoms with E-state index in [0.29, 0.717) is 5.92 Å². The number of rotatable bonds is 5. The molecule has 2 heterocycles. The van der Waals surface area contributed by atoms with Crippen LogP contribution in [0.15, 0.2) is 24.5 Å². The van der Waals surface area contributed by atoms with Crippen molar-refractivity contribution in [2.45, 2.75) is 19.3 Å². The van der Waals surface area contributed by atoms with E-state index in [0.717, 1.165) is 31.4 Å². The van der Waals surface area contributed by atoms with E-state index in [4.69, 9.17) is 0 Å². The SMILES string of the molecule is Cn1cc(-c2ccc(CCNC(=O)C3CC3)s2)cn1. The fraction of sp³-hybridized carbons (Fsp3) is 0.429. The largest absolute Gasteiger partial charge is 0.356 e. The second-order valence-corrected chi connectivity index (χ2v) is 6.15. The van der Waals surface area contributed by atoms with Gasteiger partial charge in [-0.15, -0.1) is 11.3 Å². The monoisotopic (exact) mass is 275 g/mol. The quantitative estimate of drug-likeness (QED) is 0.909. The van der Waals surface area contributed by atoms with E-state index in [-0.39, 0.29) is 5.91 Å². The molecule has 19 heavy (non-hydrogen) atoms. The molecule has 0 bridgehead atoms. The van der Waals surface area contributed by atoms with Crippen molar-refractivity contribution in [1.82, 2.24) is 15.1 Å². The molecule has 0 aliphatic heterocycles. The minimum atomic E-state index is 0.226. The average molecular weight is 275 g/mol. The van der Waals surface area contributed by atoms with E-state index in [2.05, 4.69) is 22.5 Å². The van der Waals surface area contributed by atoms with Crippen LogP contribution in [0.1, 0.15) is 17.7 Å². The fourth-order valence-corrected chi connectivity index (χ4v) is 3.00. The van der Waals surface area contributed by atoms with E-state index >= 15 is 0 Å². The third-order valence-corrected chi connectivity index (χ3v) is 4.46. The summed E-state index contributed by atoms with van der Waals surface area (Å²) in [7, 11) is 1.92. The van der Waals surface area contributed by atoms with Crippen LogP contribution in [-0.2, 0) is 18.3 Å². The Kier molecular flexibility index (Phi) is 3.38. The van der Waals surface area contributed by atoms with Gasteiger partial charge in [0.05, 0.1) is 6.20 Å². The number of carbonyl (C=O) groups excluding carboxylic acids is 1. The van der Waals surface area contributed by atoms with Crippen LogP contribution in [0.4, 0.5) is 0 Å². The van der Waals surface area contributed by atoms with Crippen molar-refractivity contribution < 1.29 is 4.79 Å². The summed E-state index contributed by atoms with van der Waals surface area (Å²) < 4.78 is 1.81. The minimum Gasteiger partial charge on any atom is -0.356 e. The van der Waals surface area contributed by atoms with Crippen molar-refractivity contribution in [1.29, 1.82) is 0 Å². The van der Waals surface area contributed by atoms with Crippen LogP contribution in [-0.4, -0.2) is 22.2 Å². The Hall–Kier alpha value is -1.62. The molecule has 2 aromatic heterocycles. The first-order valence-electron chi connectivity index (χ1n) is 6.58. The molecule has 4 nitrogen and oxygen atoms in total. The van der Waals surface area contributed by atoms with E-state index in [1.54, 1.807) is 11.3 Å². The van der Waals surface area contributed by atoms with Crippen molar-refractivity contribution in [2.24, 2.45) is 13.0 Å². The third-order valence-electron chi connectivity index (χ3n) is 3.27. The maximum absolute atomic E-state index is 11.5. The van der Waals surface area contributed by atoms with Crippen LogP contribution < -0.4 is 5.32 Å². The summed E-state index contributed by atoms with van der Waals surface area (Å²) in [6.45, 7) is 0.738. The van der Waals surface area contributed by atoms with Gasteiger partial charge in [0.1, 0.15) is 0 Å². The van der Waals surface area contributed by atoms with Gasteiger partial charge in [0, 0.05) is 41.0 Å². The number of hydrogen-bond donors (Lipinski definition) is 1. The topological polar surface area (TPSA) is 46.9 Å². The van der Waals surface area contributed by atoms with Crippen molar-refractivity contribution in [3.05, 3.63) is 29.4 Å². The lowest BCUT2D eigenvalue weighted by Gasteiger charge is -2.01. The molecular formula is C14H17N3OS. The van der Waals surface area contributed by atoms with E-state index in [1.165, 1.54) is 9.75 Å². The summed E-state index contributed by atoms with van der Waals surface area (Å²) in [5.41, 5.74) is 1.15. The van der Waals surface area contributed by atoms with Gasteiger partial charge in [-0.25, -0.2) is 0 Å². The molecule has 1 fully saturated rings. The maximum Gasteiger partial charge on any atom is 0.223 e. The highest BCUT2D eigenvalue weighted by Crippen LogP contribution is 2.29. The number of aromatic nitrogens is 2. The van der Waals surface area contributed by atoms with Crippen LogP contribution in [0.3, 0.4) is 0 Å². The Balaban J connectivity index is 1.54. The van der Waals surface area contributed by atoms with Gasteiger partial charge in [0.15, 0.2) is 0 Å². The Morgan fingerprint density at radius 3 is 3.05 bits per heavy atom. The Morgan fingerprint density at radius 2 is 2.37 bits per heavy atom. The highest BCUT2D eigenvalue weighted by Gasteiger charge is 2.28. The zero-order chi connectivity index (χ0) is 13.2. The normalized spacial score (nSPS) is 14.6. The van der Waals surface area contributed by atoms with Gasteiger partial charge in [-0.2, -0.15) is 5.10 Å². The molecule has 2 aromatic rings. The zero-order valence-electron chi connectivity index (χ0n) is 10.9. The van der Waals surface area contributed by atoms with Gasteiger partial charge in [0.25, 0.3) is 0 Å². The molecule has 1 amide bonds. The van der Waals surface area contributed by atoms with E-state index in [1.807, 2.05) is 24.1 Å². The number of aryl methyl sites for hydroxylation is 1. The van der Waals surface area contributed by atoms with Crippen molar-refractivity contribution in [2.75, 3.05) is 6.54 Å². The number of amides is 1. The number of thiophene rings is 1. The second-order valence-electron chi connectivity index (χ2n) is 4.98. The summed E-state index contributed by atoms with van der Waals surface area (Å²) >= 11 is 1.77. The molecule has 0 spiro atoms. The van der Waals surface area contributed by atoms with Gasteiger partial charge < -0.3 is 5.32 Å². The van der Waals surface area contributed by atoms with Crippen molar-refractivity contribution in [3.63, 3.8) is 0 Å². The number of nitrogens with one attached hydrogen (secondary N) is 1. The Bertz CT molecular complexity index is 583. The molecule has 0 unspecified atom stereocenters. The molecule has 1 N–H and O–H groups in total. The van der Waals surface area contributed by atoms with E-state index in [9.17, 15) is 4.79 Å². The molecule has 0 saturated heterocycles. The number of hydrogen-bond acceptors (Lipinski definition) is 3. The predicted molar refractivity (Wildman–Crippen MR) is 76.0 cm³/mol. The molecule has 0 radical (unpaired) electrons. The molecule has 3 rings (SSSR count). The van der Waals surface area contributed by atoms with E-state index < -0.39 is 0 Å². The van der Waals surface area contributed by atoms with Crippen LogP contribution in [0.25, 0.3) is 10.4 Å². The maximum atomic E-state index is 11.5. The van der Waals surface area contributed by atoms with Crippen LogP contribution >= 0.6 is 11.3 Å². The number of nitrogens with zero attached hydrogens (tertiary/aromatic N) is 2. The highest BCUT2D eigenvalue weighted by atomic mass is 32.1. The Labute approximate surface area is 116 Å². The Morgan fingerprint density at radius 1 is 1.53 bits per heavy atom.